The zero-order chi connectivity index (χ0) is 10.8. The van der Waals surface area contributed by atoms with E-state index in [0.29, 0.717) is 32.7 Å². The fraction of sp³-hybridized carbons (Fsp3) is 0.889. The van der Waals surface area contributed by atoms with Gasteiger partial charge in [0.1, 0.15) is 0 Å². The number of nitrogens with one attached hydrogen (secondary N) is 2. The number of amides is 1. The van der Waals surface area contributed by atoms with E-state index < -0.39 is 0 Å². The molecular formula is C9H20N2O3. The van der Waals surface area contributed by atoms with Gasteiger partial charge in [0.05, 0.1) is 12.7 Å². The van der Waals surface area contributed by atoms with Gasteiger partial charge in [-0.2, -0.15) is 0 Å². The first kappa shape index (κ1) is 13.4. The standard InChI is InChI=1S/C9H20N2O3/c1-8(12)7-10-4-5-11-9(13)3-6-14-2/h8,10,12H,3-7H2,1-2H3,(H,11,13). The molecular weight excluding hydrogens is 184 g/mol. The van der Waals surface area contributed by atoms with E-state index in [-0.39, 0.29) is 12.0 Å². The quantitative estimate of drug-likeness (QED) is 0.449. The van der Waals surface area contributed by atoms with E-state index in [2.05, 4.69) is 10.6 Å². The van der Waals surface area contributed by atoms with E-state index in [1.165, 1.54) is 0 Å². The van der Waals surface area contributed by atoms with Gasteiger partial charge < -0.3 is 20.5 Å². The summed E-state index contributed by atoms with van der Waals surface area (Å²) >= 11 is 0. The van der Waals surface area contributed by atoms with Gasteiger partial charge in [-0.05, 0) is 6.92 Å². The van der Waals surface area contributed by atoms with Crippen molar-refractivity contribution in [3.8, 4) is 0 Å². The Morgan fingerprint density at radius 3 is 2.79 bits per heavy atom. The normalized spacial score (nSPS) is 12.5. The largest absolute Gasteiger partial charge is 0.392 e. The number of aliphatic hydroxyl groups excluding tert-OH is 1. The van der Waals surface area contributed by atoms with Gasteiger partial charge in [-0.3, -0.25) is 4.79 Å². The zero-order valence-electron chi connectivity index (χ0n) is 8.88. The summed E-state index contributed by atoms with van der Waals surface area (Å²) in [7, 11) is 1.57. The molecule has 1 amide bonds. The third-order valence-corrected chi connectivity index (χ3v) is 1.60. The second kappa shape index (κ2) is 8.93. The van der Waals surface area contributed by atoms with Crippen molar-refractivity contribution in [2.45, 2.75) is 19.4 Å². The first-order chi connectivity index (χ1) is 6.66. The molecule has 5 heteroatoms. The average Bonchev–Trinajstić information content (AvgIpc) is 2.13. The minimum Gasteiger partial charge on any atom is -0.392 e. The van der Waals surface area contributed by atoms with E-state index >= 15 is 0 Å². The van der Waals surface area contributed by atoms with Crippen LogP contribution >= 0.6 is 0 Å². The molecule has 0 aliphatic heterocycles. The first-order valence-electron chi connectivity index (χ1n) is 4.81. The molecule has 0 aromatic carbocycles. The fourth-order valence-corrected chi connectivity index (χ4v) is 0.884. The van der Waals surface area contributed by atoms with Crippen LogP contribution in [0.15, 0.2) is 0 Å². The van der Waals surface area contributed by atoms with E-state index in [9.17, 15) is 4.79 Å². The molecule has 3 N–H and O–H groups in total. The Bertz CT molecular complexity index is 151. The SMILES string of the molecule is COCCC(=O)NCCNCC(C)O. The number of hydrogen-bond acceptors (Lipinski definition) is 4. The van der Waals surface area contributed by atoms with Crippen molar-refractivity contribution in [2.75, 3.05) is 33.4 Å². The predicted molar refractivity (Wildman–Crippen MR) is 54.1 cm³/mol. The molecule has 0 aliphatic rings. The number of methoxy groups -OCH3 is 1. The van der Waals surface area contributed by atoms with E-state index in [4.69, 9.17) is 9.84 Å². The number of hydrogen-bond donors (Lipinski definition) is 3. The van der Waals surface area contributed by atoms with Crippen molar-refractivity contribution in [2.24, 2.45) is 0 Å². The summed E-state index contributed by atoms with van der Waals surface area (Å²) in [5, 5.41) is 14.6. The van der Waals surface area contributed by atoms with Gasteiger partial charge >= 0.3 is 0 Å². The van der Waals surface area contributed by atoms with E-state index in [1.807, 2.05) is 0 Å². The molecule has 0 aromatic heterocycles. The Morgan fingerprint density at radius 2 is 2.21 bits per heavy atom. The molecule has 1 atom stereocenters. The highest BCUT2D eigenvalue weighted by Crippen LogP contribution is 1.79. The van der Waals surface area contributed by atoms with Gasteiger partial charge in [-0.1, -0.05) is 0 Å². The van der Waals surface area contributed by atoms with E-state index in [0.717, 1.165) is 0 Å². The summed E-state index contributed by atoms with van der Waals surface area (Å²) in [6.07, 6.45) is 0.0478. The van der Waals surface area contributed by atoms with Crippen LogP contribution in [0.1, 0.15) is 13.3 Å². The minimum atomic E-state index is -0.348. The smallest absolute Gasteiger partial charge is 0.222 e. The second-order valence-electron chi connectivity index (χ2n) is 3.15. The summed E-state index contributed by atoms with van der Waals surface area (Å²) < 4.78 is 4.76. The molecule has 0 rings (SSSR count). The molecule has 0 heterocycles. The van der Waals surface area contributed by atoms with Gasteiger partial charge in [0, 0.05) is 33.2 Å². The molecule has 0 aliphatic carbocycles. The van der Waals surface area contributed by atoms with Crippen LogP contribution in [0.5, 0.6) is 0 Å². The molecule has 0 spiro atoms. The summed E-state index contributed by atoms with van der Waals surface area (Å²) in [5.74, 6) is -0.00861. The lowest BCUT2D eigenvalue weighted by Gasteiger charge is -2.07. The molecule has 5 nitrogen and oxygen atoms in total. The molecule has 0 aromatic rings. The predicted octanol–water partition coefficient (Wildman–Crippen LogP) is -0.890. The Morgan fingerprint density at radius 1 is 1.50 bits per heavy atom. The second-order valence-corrected chi connectivity index (χ2v) is 3.15. The highest BCUT2D eigenvalue weighted by Gasteiger charge is 1.99. The lowest BCUT2D eigenvalue weighted by molar-refractivity contribution is -0.121. The monoisotopic (exact) mass is 204 g/mol. The van der Waals surface area contributed by atoms with Crippen LogP contribution in [0.25, 0.3) is 0 Å². The first-order valence-corrected chi connectivity index (χ1v) is 4.81. The van der Waals surface area contributed by atoms with Crippen LogP contribution in [0.3, 0.4) is 0 Å². The van der Waals surface area contributed by atoms with Crippen LogP contribution in [0, 0.1) is 0 Å². The maximum absolute atomic E-state index is 11.0. The topological polar surface area (TPSA) is 70.6 Å². The molecule has 0 fully saturated rings. The van der Waals surface area contributed by atoms with Crippen molar-refractivity contribution in [1.82, 2.24) is 10.6 Å². The van der Waals surface area contributed by atoms with Crippen molar-refractivity contribution in [1.29, 1.82) is 0 Å². The molecule has 0 radical (unpaired) electrons. The van der Waals surface area contributed by atoms with E-state index in [1.54, 1.807) is 14.0 Å². The van der Waals surface area contributed by atoms with Gasteiger partial charge in [0.2, 0.25) is 5.91 Å². The Labute approximate surface area is 84.8 Å². The van der Waals surface area contributed by atoms with Crippen LogP contribution in [-0.4, -0.2) is 50.5 Å². The third-order valence-electron chi connectivity index (χ3n) is 1.60. The Balaban J connectivity index is 3.15. The Hall–Kier alpha value is -0.650. The van der Waals surface area contributed by atoms with Crippen LogP contribution in [0.4, 0.5) is 0 Å². The summed E-state index contributed by atoms with van der Waals surface area (Å²) in [4.78, 5) is 11.0. The number of rotatable bonds is 8. The van der Waals surface area contributed by atoms with Gasteiger partial charge in [0.15, 0.2) is 0 Å². The van der Waals surface area contributed by atoms with Crippen LogP contribution in [0.2, 0.25) is 0 Å². The average molecular weight is 204 g/mol. The molecule has 1 unspecified atom stereocenters. The molecule has 84 valence electrons. The summed E-state index contributed by atoms with van der Waals surface area (Å²) in [6, 6.07) is 0. The minimum absolute atomic E-state index is 0.00861. The van der Waals surface area contributed by atoms with Crippen molar-refractivity contribution < 1.29 is 14.6 Å². The number of ether oxygens (including phenoxy) is 1. The summed E-state index contributed by atoms with van der Waals surface area (Å²) in [6.45, 7) is 3.96. The van der Waals surface area contributed by atoms with Crippen LogP contribution < -0.4 is 10.6 Å². The number of aliphatic hydroxyl groups is 1. The Kier molecular flexibility index (Phi) is 8.51. The third kappa shape index (κ3) is 9.44. The number of carbonyl (C=O) groups is 1. The van der Waals surface area contributed by atoms with Gasteiger partial charge in [-0.15, -0.1) is 0 Å². The molecule has 0 saturated heterocycles. The fourth-order valence-electron chi connectivity index (χ4n) is 0.884. The number of carbonyl (C=O) groups excluding carboxylic acids is 1. The van der Waals surface area contributed by atoms with Crippen molar-refractivity contribution in [3.63, 3.8) is 0 Å². The zero-order valence-corrected chi connectivity index (χ0v) is 8.88. The highest BCUT2D eigenvalue weighted by atomic mass is 16.5. The summed E-state index contributed by atoms with van der Waals surface area (Å²) in [5.41, 5.74) is 0. The lowest BCUT2D eigenvalue weighted by Crippen LogP contribution is -2.34. The maximum Gasteiger partial charge on any atom is 0.222 e. The lowest BCUT2D eigenvalue weighted by atomic mass is 10.4. The van der Waals surface area contributed by atoms with Crippen molar-refractivity contribution >= 4 is 5.91 Å². The molecule has 14 heavy (non-hydrogen) atoms. The van der Waals surface area contributed by atoms with Gasteiger partial charge in [0.25, 0.3) is 0 Å². The highest BCUT2D eigenvalue weighted by molar-refractivity contribution is 5.75. The van der Waals surface area contributed by atoms with Crippen LogP contribution in [-0.2, 0) is 9.53 Å². The van der Waals surface area contributed by atoms with Crippen molar-refractivity contribution in [3.05, 3.63) is 0 Å². The van der Waals surface area contributed by atoms with Gasteiger partial charge in [-0.25, -0.2) is 0 Å². The molecule has 0 bridgehead atoms. The maximum atomic E-state index is 11.0. The molecule has 0 saturated carbocycles.